The lowest BCUT2D eigenvalue weighted by Crippen LogP contribution is -2.49. The van der Waals surface area contributed by atoms with E-state index in [2.05, 4.69) is 12.2 Å². The molecule has 7 heteroatoms. The number of benzene rings is 2. The number of esters is 1. The molecular formula is C22H22N2O4S. The van der Waals surface area contributed by atoms with E-state index in [0.717, 1.165) is 17.0 Å². The number of thioether (sulfide) groups is 1. The van der Waals surface area contributed by atoms with E-state index in [-0.39, 0.29) is 12.3 Å². The van der Waals surface area contributed by atoms with Crippen LogP contribution in [0, 0.1) is 0 Å². The first-order valence-electron chi connectivity index (χ1n) is 9.66. The molecule has 6 nitrogen and oxygen atoms in total. The highest BCUT2D eigenvalue weighted by Crippen LogP contribution is 2.56. The minimum absolute atomic E-state index is 0.104. The molecule has 0 radical (unpaired) electrons. The van der Waals surface area contributed by atoms with Crippen LogP contribution in [0.3, 0.4) is 0 Å². The zero-order valence-electron chi connectivity index (χ0n) is 16.3. The van der Waals surface area contributed by atoms with Gasteiger partial charge in [-0.05, 0) is 43.2 Å². The van der Waals surface area contributed by atoms with Crippen LogP contribution in [0.25, 0.3) is 0 Å². The summed E-state index contributed by atoms with van der Waals surface area (Å²) in [6, 6.07) is 15.0. The van der Waals surface area contributed by atoms with Crippen LogP contribution < -0.4 is 10.2 Å². The van der Waals surface area contributed by atoms with E-state index in [1.807, 2.05) is 48.5 Å². The second-order valence-corrected chi connectivity index (χ2v) is 8.49. The Morgan fingerprint density at radius 1 is 1.21 bits per heavy atom. The van der Waals surface area contributed by atoms with Crippen LogP contribution in [0.15, 0.2) is 53.4 Å². The number of carbonyl (C=O) groups is 3. The highest BCUT2D eigenvalue weighted by molar-refractivity contribution is 8.02. The Hall–Kier alpha value is -2.80. The van der Waals surface area contributed by atoms with Gasteiger partial charge in [0.1, 0.15) is 0 Å². The molecule has 2 aliphatic rings. The fraction of sp³-hybridized carbons (Fsp3) is 0.318. The molecule has 0 unspecified atom stereocenters. The van der Waals surface area contributed by atoms with Crippen molar-refractivity contribution < 1.29 is 19.1 Å². The molecule has 2 atom stereocenters. The average Bonchev–Trinajstić information content (AvgIpc) is 3.24. The molecule has 0 aliphatic carbocycles. The van der Waals surface area contributed by atoms with Crippen LogP contribution in [-0.4, -0.2) is 28.8 Å². The van der Waals surface area contributed by atoms with Crippen molar-refractivity contribution in [2.24, 2.45) is 0 Å². The van der Waals surface area contributed by atoms with E-state index in [9.17, 15) is 14.4 Å². The number of nitrogens with one attached hydrogen (secondary N) is 1. The number of nitrogens with zero attached hydrogens (tertiary/aromatic N) is 1. The summed E-state index contributed by atoms with van der Waals surface area (Å²) in [5.41, 5.74) is 2.55. The first-order chi connectivity index (χ1) is 13.9. The number of hydrogen-bond donors (Lipinski definition) is 1. The molecule has 2 aromatic carbocycles. The van der Waals surface area contributed by atoms with Gasteiger partial charge in [0.25, 0.3) is 5.91 Å². The molecule has 0 saturated carbocycles. The van der Waals surface area contributed by atoms with Crippen LogP contribution in [-0.2, 0) is 25.5 Å². The second-order valence-electron chi connectivity index (χ2n) is 7.17. The molecule has 1 fully saturated rings. The molecule has 1 N–H and O–H groups in total. The summed E-state index contributed by atoms with van der Waals surface area (Å²) >= 11 is 1.33. The maximum Gasteiger partial charge on any atom is 0.344 e. The fourth-order valence-electron chi connectivity index (χ4n) is 3.65. The molecule has 1 saturated heterocycles. The molecule has 4 rings (SSSR count). The van der Waals surface area contributed by atoms with Crippen molar-refractivity contribution in [1.29, 1.82) is 0 Å². The molecular weight excluding hydrogens is 388 g/mol. The quantitative estimate of drug-likeness (QED) is 0.760. The van der Waals surface area contributed by atoms with Crippen LogP contribution in [0.2, 0.25) is 0 Å². The van der Waals surface area contributed by atoms with Crippen molar-refractivity contribution >= 4 is 40.9 Å². The van der Waals surface area contributed by atoms with E-state index >= 15 is 0 Å². The SMILES string of the molecule is CCc1ccc(NC(=O)[C@@H](C)OC(=O)[C@@]23CCC(=O)N2c2ccccc2S3)cc1. The summed E-state index contributed by atoms with van der Waals surface area (Å²) in [5, 5.41) is 2.77. The number of carbonyl (C=O) groups excluding carboxylic acids is 3. The second kappa shape index (κ2) is 7.55. The molecule has 2 aromatic rings. The third kappa shape index (κ3) is 3.40. The van der Waals surface area contributed by atoms with E-state index in [1.165, 1.54) is 29.1 Å². The summed E-state index contributed by atoms with van der Waals surface area (Å²) in [6.45, 7) is 3.60. The standard InChI is InChI=1S/C22H22N2O4S/c1-3-15-8-10-16(11-9-15)23-20(26)14(2)28-21(27)22-13-12-19(25)24(22)17-6-4-5-7-18(17)29-22/h4-11,14H,3,12-13H2,1-2H3,(H,23,26)/t14-,22+/m1/s1. The molecule has 29 heavy (non-hydrogen) atoms. The number of aryl methyl sites for hydroxylation is 1. The van der Waals surface area contributed by atoms with Gasteiger partial charge in [-0.3, -0.25) is 14.5 Å². The number of fused-ring (bicyclic) bond motifs is 3. The molecule has 2 amide bonds. The first kappa shape index (κ1) is 19.5. The van der Waals surface area contributed by atoms with Gasteiger partial charge < -0.3 is 10.1 Å². The van der Waals surface area contributed by atoms with E-state index in [1.54, 1.807) is 0 Å². The van der Waals surface area contributed by atoms with Crippen molar-refractivity contribution in [1.82, 2.24) is 0 Å². The Bertz CT molecular complexity index is 975. The van der Waals surface area contributed by atoms with Gasteiger partial charge in [0, 0.05) is 23.4 Å². The molecule has 0 aromatic heterocycles. The lowest BCUT2D eigenvalue weighted by atomic mass is 10.1. The Balaban J connectivity index is 1.47. The topological polar surface area (TPSA) is 75.7 Å². The number of amides is 2. The van der Waals surface area contributed by atoms with Gasteiger partial charge in [0.05, 0.1) is 5.69 Å². The summed E-state index contributed by atoms with van der Waals surface area (Å²) in [7, 11) is 0. The summed E-state index contributed by atoms with van der Waals surface area (Å²) in [4.78, 5) is 39.3. The van der Waals surface area contributed by atoms with Crippen molar-refractivity contribution in [3.63, 3.8) is 0 Å². The van der Waals surface area contributed by atoms with Gasteiger partial charge in [-0.25, -0.2) is 4.79 Å². The van der Waals surface area contributed by atoms with E-state index in [4.69, 9.17) is 4.74 Å². The minimum Gasteiger partial charge on any atom is -0.450 e. The predicted molar refractivity (Wildman–Crippen MR) is 112 cm³/mol. The highest BCUT2D eigenvalue weighted by atomic mass is 32.2. The largest absolute Gasteiger partial charge is 0.450 e. The van der Waals surface area contributed by atoms with Crippen LogP contribution in [0.5, 0.6) is 0 Å². The van der Waals surface area contributed by atoms with Crippen LogP contribution in [0.1, 0.15) is 32.3 Å². The maximum atomic E-state index is 13.1. The third-order valence-corrected chi connectivity index (χ3v) is 6.73. The molecule has 2 aliphatic heterocycles. The normalized spacial score (nSPS) is 20.8. The summed E-state index contributed by atoms with van der Waals surface area (Å²) in [5.74, 6) is -1.07. The van der Waals surface area contributed by atoms with Crippen LogP contribution >= 0.6 is 11.8 Å². The monoisotopic (exact) mass is 410 g/mol. The van der Waals surface area contributed by atoms with Gasteiger partial charge in [-0.2, -0.15) is 0 Å². The van der Waals surface area contributed by atoms with Crippen molar-refractivity contribution in [3.05, 3.63) is 54.1 Å². The minimum atomic E-state index is -1.13. The van der Waals surface area contributed by atoms with Gasteiger partial charge >= 0.3 is 5.97 Å². The maximum absolute atomic E-state index is 13.1. The molecule has 150 valence electrons. The van der Waals surface area contributed by atoms with Crippen molar-refractivity contribution in [2.45, 2.75) is 49.0 Å². The van der Waals surface area contributed by atoms with E-state index < -0.39 is 22.9 Å². The van der Waals surface area contributed by atoms with Gasteiger partial charge in [0.15, 0.2) is 11.0 Å². The number of ether oxygens (including phenoxy) is 1. The Morgan fingerprint density at radius 2 is 1.93 bits per heavy atom. The lowest BCUT2D eigenvalue weighted by Gasteiger charge is -2.29. The zero-order chi connectivity index (χ0) is 20.6. The number of anilines is 2. The Kier molecular flexibility index (Phi) is 5.08. The number of hydrogen-bond acceptors (Lipinski definition) is 5. The van der Waals surface area contributed by atoms with Crippen LogP contribution in [0.4, 0.5) is 11.4 Å². The van der Waals surface area contributed by atoms with Crippen molar-refractivity contribution in [2.75, 3.05) is 10.2 Å². The third-order valence-electron chi connectivity index (χ3n) is 5.28. The number of rotatable bonds is 5. The average molecular weight is 410 g/mol. The first-order valence-corrected chi connectivity index (χ1v) is 10.5. The van der Waals surface area contributed by atoms with Gasteiger partial charge in [-0.15, -0.1) is 0 Å². The highest BCUT2D eigenvalue weighted by Gasteiger charge is 2.58. The predicted octanol–water partition coefficient (Wildman–Crippen LogP) is 3.75. The van der Waals surface area contributed by atoms with Crippen molar-refractivity contribution in [3.8, 4) is 0 Å². The summed E-state index contributed by atoms with van der Waals surface area (Å²) < 4.78 is 5.53. The van der Waals surface area contributed by atoms with E-state index in [0.29, 0.717) is 12.1 Å². The number of para-hydroxylation sites is 1. The molecule has 0 bridgehead atoms. The fourth-order valence-corrected chi connectivity index (χ4v) is 5.05. The Labute approximate surface area is 173 Å². The molecule has 2 heterocycles. The summed E-state index contributed by atoms with van der Waals surface area (Å²) in [6.07, 6.45) is 0.571. The van der Waals surface area contributed by atoms with Gasteiger partial charge in [0.2, 0.25) is 5.91 Å². The Morgan fingerprint density at radius 3 is 2.66 bits per heavy atom. The lowest BCUT2D eigenvalue weighted by molar-refractivity contribution is -0.155. The zero-order valence-corrected chi connectivity index (χ0v) is 17.1. The smallest absolute Gasteiger partial charge is 0.344 e. The molecule has 0 spiro atoms. The van der Waals surface area contributed by atoms with Gasteiger partial charge in [-0.1, -0.05) is 43.0 Å².